The van der Waals surface area contributed by atoms with E-state index in [0.717, 1.165) is 11.1 Å². The lowest BCUT2D eigenvalue weighted by molar-refractivity contribution is 0.791. The van der Waals surface area contributed by atoms with Crippen molar-refractivity contribution in [1.29, 1.82) is 0 Å². The molecular formula is C11H12N2. The number of hydrogen-bond acceptors (Lipinski definition) is 2. The van der Waals surface area contributed by atoms with E-state index < -0.39 is 0 Å². The zero-order valence-electron chi connectivity index (χ0n) is 7.57. The molecule has 13 heavy (non-hydrogen) atoms. The second-order valence-corrected chi connectivity index (χ2v) is 3.21. The van der Waals surface area contributed by atoms with E-state index in [9.17, 15) is 0 Å². The van der Waals surface area contributed by atoms with Crippen LogP contribution in [0.1, 0.15) is 18.7 Å². The summed E-state index contributed by atoms with van der Waals surface area (Å²) < 4.78 is 0. The first-order valence-electron chi connectivity index (χ1n) is 4.38. The van der Waals surface area contributed by atoms with Crippen LogP contribution in [0.5, 0.6) is 0 Å². The van der Waals surface area contributed by atoms with Crippen molar-refractivity contribution >= 4 is 10.8 Å². The van der Waals surface area contributed by atoms with Gasteiger partial charge in [0.2, 0.25) is 0 Å². The molecule has 66 valence electrons. The minimum Gasteiger partial charge on any atom is -0.323 e. The van der Waals surface area contributed by atoms with Crippen LogP contribution < -0.4 is 5.73 Å². The molecule has 2 N–H and O–H groups in total. The van der Waals surface area contributed by atoms with E-state index in [2.05, 4.69) is 17.1 Å². The normalized spacial score (nSPS) is 13.1. The highest BCUT2D eigenvalue weighted by molar-refractivity contribution is 5.84. The van der Waals surface area contributed by atoms with Crippen LogP contribution in [-0.2, 0) is 0 Å². The Bertz CT molecular complexity index is 416. The van der Waals surface area contributed by atoms with Gasteiger partial charge in [0.05, 0.1) is 5.69 Å². The molecule has 0 unspecified atom stereocenters. The van der Waals surface area contributed by atoms with Gasteiger partial charge in [-0.1, -0.05) is 24.3 Å². The second kappa shape index (κ2) is 3.15. The van der Waals surface area contributed by atoms with Crippen molar-refractivity contribution in [2.24, 2.45) is 5.73 Å². The summed E-state index contributed by atoms with van der Waals surface area (Å²) >= 11 is 0. The highest BCUT2D eigenvalue weighted by atomic mass is 14.8. The highest BCUT2D eigenvalue weighted by Gasteiger charge is 2.04. The molecule has 0 aliphatic rings. The molecule has 0 radical (unpaired) electrons. The number of hydrogen-bond donors (Lipinski definition) is 1. The molecule has 2 heteroatoms. The third kappa shape index (κ3) is 1.40. The van der Waals surface area contributed by atoms with Crippen molar-refractivity contribution in [2.75, 3.05) is 0 Å². The van der Waals surface area contributed by atoms with E-state index in [1.807, 2.05) is 25.1 Å². The molecule has 0 aliphatic carbocycles. The maximum Gasteiger partial charge on any atom is 0.0646 e. The Morgan fingerprint density at radius 1 is 1.23 bits per heavy atom. The minimum atomic E-state index is -0.00824. The molecule has 1 aromatic heterocycles. The topological polar surface area (TPSA) is 38.9 Å². The standard InChI is InChI=1S/C11H12N2/c1-8(12)11-10-5-3-2-4-9(10)6-7-13-11/h2-8H,12H2,1H3/t8-/m0/s1. The number of pyridine rings is 1. The van der Waals surface area contributed by atoms with Crippen molar-refractivity contribution in [3.63, 3.8) is 0 Å². The first-order valence-corrected chi connectivity index (χ1v) is 4.38. The van der Waals surface area contributed by atoms with Gasteiger partial charge in [-0.3, -0.25) is 4.98 Å². The lowest BCUT2D eigenvalue weighted by Crippen LogP contribution is -2.07. The molecule has 1 atom stereocenters. The van der Waals surface area contributed by atoms with Gasteiger partial charge < -0.3 is 5.73 Å². The number of benzene rings is 1. The largest absolute Gasteiger partial charge is 0.323 e. The molecular weight excluding hydrogens is 160 g/mol. The Kier molecular flexibility index (Phi) is 1.99. The molecule has 2 nitrogen and oxygen atoms in total. The van der Waals surface area contributed by atoms with Crippen molar-refractivity contribution in [1.82, 2.24) is 4.98 Å². The summed E-state index contributed by atoms with van der Waals surface area (Å²) in [6.45, 7) is 1.95. The van der Waals surface area contributed by atoms with Gasteiger partial charge >= 0.3 is 0 Å². The Morgan fingerprint density at radius 2 is 2.00 bits per heavy atom. The van der Waals surface area contributed by atoms with E-state index in [1.165, 1.54) is 5.39 Å². The average molecular weight is 172 g/mol. The van der Waals surface area contributed by atoms with E-state index >= 15 is 0 Å². The zero-order valence-corrected chi connectivity index (χ0v) is 7.57. The number of rotatable bonds is 1. The third-order valence-electron chi connectivity index (χ3n) is 2.14. The number of nitrogens with zero attached hydrogens (tertiary/aromatic N) is 1. The predicted molar refractivity (Wildman–Crippen MR) is 54.3 cm³/mol. The second-order valence-electron chi connectivity index (χ2n) is 3.21. The molecule has 1 aromatic carbocycles. The van der Waals surface area contributed by atoms with E-state index in [1.54, 1.807) is 6.20 Å². The molecule has 0 spiro atoms. The van der Waals surface area contributed by atoms with Crippen molar-refractivity contribution in [3.8, 4) is 0 Å². The summed E-state index contributed by atoms with van der Waals surface area (Å²) in [6.07, 6.45) is 1.81. The minimum absolute atomic E-state index is 0.00824. The lowest BCUT2D eigenvalue weighted by Gasteiger charge is -2.07. The van der Waals surface area contributed by atoms with Gasteiger partial charge in [-0.25, -0.2) is 0 Å². The van der Waals surface area contributed by atoms with E-state index in [4.69, 9.17) is 5.73 Å². The molecule has 0 aliphatic heterocycles. The summed E-state index contributed by atoms with van der Waals surface area (Å²) in [6, 6.07) is 10.2. The Morgan fingerprint density at radius 3 is 2.77 bits per heavy atom. The maximum absolute atomic E-state index is 5.82. The van der Waals surface area contributed by atoms with Crippen molar-refractivity contribution in [2.45, 2.75) is 13.0 Å². The molecule has 0 saturated carbocycles. The van der Waals surface area contributed by atoms with Gasteiger partial charge in [0.25, 0.3) is 0 Å². The highest BCUT2D eigenvalue weighted by Crippen LogP contribution is 2.19. The zero-order chi connectivity index (χ0) is 9.26. The van der Waals surface area contributed by atoms with Crippen LogP contribution in [0, 0.1) is 0 Å². The first-order chi connectivity index (χ1) is 6.29. The van der Waals surface area contributed by atoms with Gasteiger partial charge in [-0.05, 0) is 18.4 Å². The van der Waals surface area contributed by atoms with Gasteiger partial charge in [0, 0.05) is 17.6 Å². The van der Waals surface area contributed by atoms with Crippen LogP contribution in [0.25, 0.3) is 10.8 Å². The van der Waals surface area contributed by atoms with Crippen LogP contribution in [-0.4, -0.2) is 4.98 Å². The lowest BCUT2D eigenvalue weighted by atomic mass is 10.1. The van der Waals surface area contributed by atoms with Crippen LogP contribution in [0.2, 0.25) is 0 Å². The first kappa shape index (κ1) is 8.20. The monoisotopic (exact) mass is 172 g/mol. The fraction of sp³-hybridized carbons (Fsp3) is 0.182. The Hall–Kier alpha value is -1.41. The summed E-state index contributed by atoms with van der Waals surface area (Å²) in [5.41, 5.74) is 6.79. The Labute approximate surface area is 77.4 Å². The summed E-state index contributed by atoms with van der Waals surface area (Å²) in [4.78, 5) is 4.28. The smallest absolute Gasteiger partial charge is 0.0646 e. The summed E-state index contributed by atoms with van der Waals surface area (Å²) in [7, 11) is 0. The molecule has 2 aromatic rings. The summed E-state index contributed by atoms with van der Waals surface area (Å²) in [5, 5.41) is 2.35. The van der Waals surface area contributed by atoms with Crippen molar-refractivity contribution < 1.29 is 0 Å². The van der Waals surface area contributed by atoms with Crippen LogP contribution in [0.4, 0.5) is 0 Å². The van der Waals surface area contributed by atoms with Crippen LogP contribution in [0.15, 0.2) is 36.5 Å². The number of aromatic nitrogens is 1. The molecule has 0 amide bonds. The molecule has 0 fully saturated rings. The quantitative estimate of drug-likeness (QED) is 0.716. The SMILES string of the molecule is C[C@H](N)c1nccc2ccccc12. The fourth-order valence-corrected chi connectivity index (χ4v) is 1.51. The third-order valence-corrected chi connectivity index (χ3v) is 2.14. The predicted octanol–water partition coefficient (Wildman–Crippen LogP) is 2.25. The average Bonchev–Trinajstić information content (AvgIpc) is 2.17. The van der Waals surface area contributed by atoms with Crippen molar-refractivity contribution in [3.05, 3.63) is 42.2 Å². The van der Waals surface area contributed by atoms with Crippen LogP contribution >= 0.6 is 0 Å². The molecule has 0 bridgehead atoms. The number of nitrogens with two attached hydrogens (primary N) is 1. The van der Waals surface area contributed by atoms with Gasteiger partial charge in [0.1, 0.15) is 0 Å². The van der Waals surface area contributed by atoms with E-state index in [0.29, 0.717) is 0 Å². The fourth-order valence-electron chi connectivity index (χ4n) is 1.51. The number of fused-ring (bicyclic) bond motifs is 1. The van der Waals surface area contributed by atoms with Gasteiger partial charge in [-0.2, -0.15) is 0 Å². The molecule has 0 saturated heterocycles. The Balaban J connectivity index is 2.76. The van der Waals surface area contributed by atoms with Gasteiger partial charge in [0.15, 0.2) is 0 Å². The maximum atomic E-state index is 5.82. The molecule has 2 rings (SSSR count). The molecule has 1 heterocycles. The van der Waals surface area contributed by atoms with Crippen LogP contribution in [0.3, 0.4) is 0 Å². The van der Waals surface area contributed by atoms with Gasteiger partial charge in [-0.15, -0.1) is 0 Å². The summed E-state index contributed by atoms with van der Waals surface area (Å²) in [5.74, 6) is 0. The van der Waals surface area contributed by atoms with E-state index in [-0.39, 0.29) is 6.04 Å².